The molecular weight excluding hydrogens is 278 g/mol. The molecule has 0 bridgehead atoms. The zero-order chi connectivity index (χ0) is 15.2. The molecule has 114 valence electrons. The second-order valence-corrected chi connectivity index (χ2v) is 6.34. The molecule has 1 aromatic rings. The summed E-state index contributed by atoms with van der Waals surface area (Å²) in [6.07, 6.45) is 2.72. The molecule has 0 aliphatic rings. The van der Waals surface area contributed by atoms with E-state index in [1.807, 2.05) is 0 Å². The van der Waals surface area contributed by atoms with Gasteiger partial charge in [-0.15, -0.1) is 0 Å². The zero-order valence-electron chi connectivity index (χ0n) is 11.7. The van der Waals surface area contributed by atoms with Crippen molar-refractivity contribution >= 4 is 21.4 Å². The number of benzene rings is 1. The van der Waals surface area contributed by atoms with Crippen LogP contribution in [-0.2, 0) is 10.0 Å². The van der Waals surface area contributed by atoms with Gasteiger partial charge < -0.3 is 16.2 Å². The number of nitrogen functional groups attached to an aromatic ring is 1. The fourth-order valence-corrected chi connectivity index (χ4v) is 2.82. The summed E-state index contributed by atoms with van der Waals surface area (Å²) in [4.78, 5) is -0.0725. The van der Waals surface area contributed by atoms with E-state index in [2.05, 4.69) is 12.2 Å². The van der Waals surface area contributed by atoms with E-state index in [1.165, 1.54) is 6.07 Å². The minimum Gasteiger partial charge on any atom is -0.396 e. The van der Waals surface area contributed by atoms with Crippen LogP contribution in [0.5, 0.6) is 0 Å². The van der Waals surface area contributed by atoms with E-state index in [4.69, 9.17) is 16.0 Å². The van der Waals surface area contributed by atoms with Crippen molar-refractivity contribution in [2.45, 2.75) is 31.1 Å². The summed E-state index contributed by atoms with van der Waals surface area (Å²) >= 11 is 0. The molecule has 0 fully saturated rings. The maximum atomic E-state index is 11.4. The molecule has 20 heavy (non-hydrogen) atoms. The van der Waals surface area contributed by atoms with Crippen molar-refractivity contribution < 1.29 is 13.5 Å². The Labute approximate surface area is 120 Å². The SMILES string of the molecule is CCCC(CCO)CNc1cccc(S(N)(=O)=O)c1N. The highest BCUT2D eigenvalue weighted by atomic mass is 32.2. The second-order valence-electron chi connectivity index (χ2n) is 4.81. The third kappa shape index (κ3) is 4.66. The maximum Gasteiger partial charge on any atom is 0.240 e. The lowest BCUT2D eigenvalue weighted by Gasteiger charge is -2.18. The quantitative estimate of drug-likeness (QED) is 0.537. The lowest BCUT2D eigenvalue weighted by molar-refractivity contribution is 0.255. The summed E-state index contributed by atoms with van der Waals surface area (Å²) in [6.45, 7) is 2.85. The fourth-order valence-electron chi connectivity index (χ4n) is 2.14. The first kappa shape index (κ1) is 16.7. The highest BCUT2D eigenvalue weighted by Crippen LogP contribution is 2.26. The van der Waals surface area contributed by atoms with Crippen LogP contribution >= 0.6 is 0 Å². The van der Waals surface area contributed by atoms with E-state index in [-0.39, 0.29) is 17.2 Å². The molecule has 1 aromatic carbocycles. The first-order chi connectivity index (χ1) is 9.40. The molecule has 6 nitrogen and oxygen atoms in total. The van der Waals surface area contributed by atoms with Crippen LogP contribution in [0.15, 0.2) is 23.1 Å². The molecule has 0 aliphatic carbocycles. The Balaban J connectivity index is 2.83. The monoisotopic (exact) mass is 301 g/mol. The van der Waals surface area contributed by atoms with E-state index in [0.29, 0.717) is 24.6 Å². The summed E-state index contributed by atoms with van der Waals surface area (Å²) in [6, 6.07) is 4.69. The van der Waals surface area contributed by atoms with Crippen molar-refractivity contribution in [2.24, 2.45) is 11.1 Å². The van der Waals surface area contributed by atoms with Gasteiger partial charge in [-0.1, -0.05) is 19.4 Å². The van der Waals surface area contributed by atoms with Crippen LogP contribution in [0.25, 0.3) is 0 Å². The van der Waals surface area contributed by atoms with E-state index >= 15 is 0 Å². The van der Waals surface area contributed by atoms with Crippen LogP contribution in [0.1, 0.15) is 26.2 Å². The third-order valence-corrected chi connectivity index (χ3v) is 4.16. The summed E-state index contributed by atoms with van der Waals surface area (Å²) in [5.74, 6) is 0.322. The molecule has 0 saturated carbocycles. The summed E-state index contributed by atoms with van der Waals surface area (Å²) in [5, 5.41) is 17.3. The lowest BCUT2D eigenvalue weighted by Crippen LogP contribution is -2.18. The number of nitrogens with one attached hydrogen (secondary N) is 1. The van der Waals surface area contributed by atoms with Crippen molar-refractivity contribution in [3.8, 4) is 0 Å². The summed E-state index contributed by atoms with van der Waals surface area (Å²) < 4.78 is 22.8. The number of hydrogen-bond acceptors (Lipinski definition) is 5. The number of aliphatic hydroxyl groups excluding tert-OH is 1. The number of primary sulfonamides is 1. The number of hydrogen-bond donors (Lipinski definition) is 4. The van der Waals surface area contributed by atoms with E-state index in [0.717, 1.165) is 12.8 Å². The van der Waals surface area contributed by atoms with Crippen molar-refractivity contribution in [2.75, 3.05) is 24.2 Å². The first-order valence-corrected chi connectivity index (χ1v) is 8.20. The van der Waals surface area contributed by atoms with Crippen LogP contribution in [0.4, 0.5) is 11.4 Å². The second kappa shape index (κ2) is 7.47. The van der Waals surface area contributed by atoms with E-state index in [9.17, 15) is 8.42 Å². The highest BCUT2D eigenvalue weighted by molar-refractivity contribution is 7.89. The topological polar surface area (TPSA) is 118 Å². The predicted octanol–water partition coefficient (Wildman–Crippen LogP) is 1.13. The molecule has 0 spiro atoms. The standard InChI is InChI=1S/C13H23N3O3S/c1-2-4-10(7-8-17)9-16-11-5-3-6-12(13(11)14)20(15,18)19/h3,5-6,10,16-17H,2,4,7-9,14H2,1H3,(H2,15,18,19). The van der Waals surface area contributed by atoms with Gasteiger partial charge in [0, 0.05) is 13.2 Å². The van der Waals surface area contributed by atoms with Crippen molar-refractivity contribution in [1.29, 1.82) is 0 Å². The van der Waals surface area contributed by atoms with Gasteiger partial charge in [0.05, 0.1) is 11.4 Å². The minimum atomic E-state index is -3.82. The van der Waals surface area contributed by atoms with Gasteiger partial charge in [0.15, 0.2) is 0 Å². The first-order valence-electron chi connectivity index (χ1n) is 6.66. The molecule has 1 atom stereocenters. The Morgan fingerprint density at radius 1 is 1.35 bits per heavy atom. The molecule has 6 N–H and O–H groups in total. The maximum absolute atomic E-state index is 11.4. The van der Waals surface area contributed by atoms with Gasteiger partial charge in [0.1, 0.15) is 4.90 Å². The molecule has 0 radical (unpaired) electrons. The van der Waals surface area contributed by atoms with Gasteiger partial charge in [0.25, 0.3) is 0 Å². The minimum absolute atomic E-state index is 0.0725. The number of para-hydroxylation sites is 1. The Kier molecular flexibility index (Phi) is 6.25. The van der Waals surface area contributed by atoms with Crippen LogP contribution < -0.4 is 16.2 Å². The zero-order valence-corrected chi connectivity index (χ0v) is 12.5. The number of nitrogens with two attached hydrogens (primary N) is 2. The predicted molar refractivity (Wildman–Crippen MR) is 80.8 cm³/mol. The summed E-state index contributed by atoms with van der Waals surface area (Å²) in [5.41, 5.74) is 6.52. The number of aliphatic hydroxyl groups is 1. The molecule has 0 amide bonds. The summed E-state index contributed by atoms with van der Waals surface area (Å²) in [7, 11) is -3.82. The largest absolute Gasteiger partial charge is 0.396 e. The normalized spacial score (nSPS) is 13.2. The molecule has 1 unspecified atom stereocenters. The van der Waals surface area contributed by atoms with Crippen LogP contribution in [-0.4, -0.2) is 26.7 Å². The van der Waals surface area contributed by atoms with Gasteiger partial charge in [-0.2, -0.15) is 0 Å². The fraction of sp³-hybridized carbons (Fsp3) is 0.538. The van der Waals surface area contributed by atoms with Gasteiger partial charge in [-0.05, 0) is 30.9 Å². The highest BCUT2D eigenvalue weighted by Gasteiger charge is 2.15. The van der Waals surface area contributed by atoms with E-state index in [1.54, 1.807) is 12.1 Å². The van der Waals surface area contributed by atoms with Crippen molar-refractivity contribution in [3.63, 3.8) is 0 Å². The third-order valence-electron chi connectivity index (χ3n) is 3.19. The Bertz CT molecular complexity index is 526. The smallest absolute Gasteiger partial charge is 0.240 e. The van der Waals surface area contributed by atoms with Crippen molar-refractivity contribution in [3.05, 3.63) is 18.2 Å². The van der Waals surface area contributed by atoms with Gasteiger partial charge in [-0.25, -0.2) is 13.6 Å². The van der Waals surface area contributed by atoms with Gasteiger partial charge >= 0.3 is 0 Å². The average molecular weight is 301 g/mol. The van der Waals surface area contributed by atoms with Crippen LogP contribution in [0.3, 0.4) is 0 Å². The molecule has 0 aliphatic heterocycles. The number of anilines is 2. The molecule has 7 heteroatoms. The van der Waals surface area contributed by atoms with Crippen molar-refractivity contribution in [1.82, 2.24) is 0 Å². The van der Waals surface area contributed by atoms with Crippen LogP contribution in [0, 0.1) is 5.92 Å². The van der Waals surface area contributed by atoms with Gasteiger partial charge in [-0.3, -0.25) is 0 Å². The number of rotatable bonds is 8. The molecule has 1 rings (SSSR count). The lowest BCUT2D eigenvalue weighted by atomic mass is 10.00. The molecular formula is C13H23N3O3S. The van der Waals surface area contributed by atoms with Gasteiger partial charge in [0.2, 0.25) is 10.0 Å². The molecule has 0 heterocycles. The Hall–Kier alpha value is -1.31. The molecule has 0 aromatic heterocycles. The van der Waals surface area contributed by atoms with E-state index < -0.39 is 10.0 Å². The molecule has 0 saturated heterocycles. The Morgan fingerprint density at radius 3 is 2.60 bits per heavy atom. The average Bonchev–Trinajstić information content (AvgIpc) is 2.36. The van der Waals surface area contributed by atoms with Crippen LogP contribution in [0.2, 0.25) is 0 Å². The number of sulfonamides is 1. The Morgan fingerprint density at radius 2 is 2.05 bits per heavy atom.